The normalized spacial score (nSPS) is 11.2. The first kappa shape index (κ1) is 25.3. The van der Waals surface area contributed by atoms with E-state index in [1.807, 2.05) is 0 Å². The zero-order valence-electron chi connectivity index (χ0n) is 18.5. The third-order valence-corrected chi connectivity index (χ3v) is 5.78. The second kappa shape index (κ2) is 12.2. The van der Waals surface area contributed by atoms with Crippen LogP contribution in [0.25, 0.3) is 0 Å². The van der Waals surface area contributed by atoms with Crippen LogP contribution >= 0.6 is 0 Å². The van der Waals surface area contributed by atoms with Crippen LogP contribution in [0.5, 0.6) is 5.75 Å². The van der Waals surface area contributed by atoms with Gasteiger partial charge in [0, 0.05) is 33.9 Å². The number of sulfonamides is 1. The molecule has 0 heterocycles. The first-order valence-electron chi connectivity index (χ1n) is 9.99. The molecule has 9 nitrogen and oxygen atoms in total. The Hall–Kier alpha value is -2.95. The van der Waals surface area contributed by atoms with Crippen molar-refractivity contribution in [1.29, 1.82) is 0 Å². The van der Waals surface area contributed by atoms with E-state index in [4.69, 9.17) is 9.47 Å². The predicted octanol–water partition coefficient (Wildman–Crippen LogP) is 1.86. The second-order valence-corrected chi connectivity index (χ2v) is 9.24. The van der Waals surface area contributed by atoms with Crippen LogP contribution in [0.15, 0.2) is 48.5 Å². The molecule has 0 saturated heterocycles. The number of nitrogens with one attached hydrogen (secondary N) is 2. The fraction of sp³-hybridized carbons (Fsp3) is 0.364. The molecule has 0 aromatic heterocycles. The van der Waals surface area contributed by atoms with Crippen LogP contribution in [-0.4, -0.2) is 64.7 Å². The molecule has 0 aliphatic heterocycles. The summed E-state index contributed by atoms with van der Waals surface area (Å²) in [6.07, 6.45) is 1.83. The van der Waals surface area contributed by atoms with Gasteiger partial charge in [0.15, 0.2) is 6.61 Å². The minimum Gasteiger partial charge on any atom is -0.484 e. The van der Waals surface area contributed by atoms with Gasteiger partial charge in [0.2, 0.25) is 10.0 Å². The lowest BCUT2D eigenvalue weighted by atomic mass is 10.1. The molecule has 0 aliphatic carbocycles. The number of ether oxygens (including phenoxy) is 2. The fourth-order valence-corrected chi connectivity index (χ4v) is 3.09. The number of carbonyl (C=O) groups excluding carboxylic acids is 2. The molecule has 0 aliphatic rings. The molecule has 0 saturated carbocycles. The van der Waals surface area contributed by atoms with Gasteiger partial charge in [-0.25, -0.2) is 12.7 Å². The Morgan fingerprint density at radius 2 is 1.75 bits per heavy atom. The predicted molar refractivity (Wildman–Crippen MR) is 122 cm³/mol. The molecule has 10 heteroatoms. The molecule has 2 amide bonds. The minimum absolute atomic E-state index is 0.240. The van der Waals surface area contributed by atoms with E-state index in [-0.39, 0.29) is 19.1 Å². The van der Waals surface area contributed by atoms with Crippen LogP contribution in [0.4, 0.5) is 5.69 Å². The quantitative estimate of drug-likeness (QED) is 0.465. The maximum Gasteiger partial charge on any atom is 0.262 e. The van der Waals surface area contributed by atoms with Crippen molar-refractivity contribution in [3.8, 4) is 5.75 Å². The molecule has 0 bridgehead atoms. The zero-order valence-corrected chi connectivity index (χ0v) is 19.3. The van der Waals surface area contributed by atoms with Crippen molar-refractivity contribution in [3.05, 3.63) is 59.7 Å². The summed E-state index contributed by atoms with van der Waals surface area (Å²) in [6, 6.07) is 13.5. The summed E-state index contributed by atoms with van der Waals surface area (Å²) in [4.78, 5) is 24.7. The Morgan fingerprint density at radius 1 is 1.06 bits per heavy atom. The van der Waals surface area contributed by atoms with Gasteiger partial charge in [-0.2, -0.15) is 0 Å². The van der Waals surface area contributed by atoms with Crippen LogP contribution < -0.4 is 15.4 Å². The van der Waals surface area contributed by atoms with Crippen LogP contribution in [-0.2, 0) is 26.1 Å². The maximum atomic E-state index is 12.4. The number of para-hydroxylation sites is 1. The monoisotopic (exact) mass is 463 g/mol. The van der Waals surface area contributed by atoms with Crippen molar-refractivity contribution in [2.24, 2.45) is 0 Å². The highest BCUT2D eigenvalue weighted by atomic mass is 32.2. The summed E-state index contributed by atoms with van der Waals surface area (Å²) in [5.41, 5.74) is 1.54. The number of carbonyl (C=O) groups is 2. The highest BCUT2D eigenvalue weighted by Crippen LogP contribution is 2.16. The Kier molecular flexibility index (Phi) is 9.63. The van der Waals surface area contributed by atoms with E-state index in [0.717, 1.165) is 11.8 Å². The first-order chi connectivity index (χ1) is 15.2. The molecule has 2 rings (SSSR count). The SMILES string of the molecule is COCCCNC(=O)c1ccccc1NC(=O)COc1ccc(CN(C)S(C)(=O)=O)cc1. The van der Waals surface area contributed by atoms with E-state index in [0.29, 0.717) is 36.6 Å². The van der Waals surface area contributed by atoms with Gasteiger partial charge in [0.05, 0.1) is 17.5 Å². The van der Waals surface area contributed by atoms with E-state index in [1.54, 1.807) is 55.6 Å². The number of methoxy groups -OCH3 is 1. The van der Waals surface area contributed by atoms with Crippen molar-refractivity contribution in [2.45, 2.75) is 13.0 Å². The molecule has 0 spiro atoms. The topological polar surface area (TPSA) is 114 Å². The number of nitrogens with zero attached hydrogens (tertiary/aromatic N) is 1. The standard InChI is InChI=1S/C22H29N3O6S/c1-25(32(3,28)29)15-17-9-11-18(12-10-17)31-16-21(26)24-20-8-5-4-7-19(20)22(27)23-13-6-14-30-2/h4-5,7-12H,6,13-16H2,1-3H3,(H,23,27)(H,24,26). The van der Waals surface area contributed by atoms with Crippen molar-refractivity contribution in [1.82, 2.24) is 9.62 Å². The highest BCUT2D eigenvalue weighted by Gasteiger charge is 2.14. The molecule has 174 valence electrons. The lowest BCUT2D eigenvalue weighted by molar-refractivity contribution is -0.118. The molecule has 2 aromatic rings. The van der Waals surface area contributed by atoms with Crippen LogP contribution in [0.2, 0.25) is 0 Å². The summed E-state index contributed by atoms with van der Waals surface area (Å²) in [6.45, 7) is 1.01. The zero-order chi connectivity index (χ0) is 23.6. The summed E-state index contributed by atoms with van der Waals surface area (Å²) < 4.78 is 34.7. The number of benzene rings is 2. The molecular weight excluding hydrogens is 434 g/mol. The number of anilines is 1. The average molecular weight is 464 g/mol. The second-order valence-electron chi connectivity index (χ2n) is 7.15. The molecule has 32 heavy (non-hydrogen) atoms. The van der Waals surface area contributed by atoms with Gasteiger partial charge < -0.3 is 20.1 Å². The summed E-state index contributed by atoms with van der Waals surface area (Å²) in [5, 5.41) is 5.49. The van der Waals surface area contributed by atoms with Gasteiger partial charge >= 0.3 is 0 Å². The molecule has 2 N–H and O–H groups in total. The van der Waals surface area contributed by atoms with Crippen LogP contribution in [0.3, 0.4) is 0 Å². The van der Waals surface area contributed by atoms with Gasteiger partial charge in [-0.1, -0.05) is 24.3 Å². The number of hydrogen-bond acceptors (Lipinski definition) is 6. The summed E-state index contributed by atoms with van der Waals surface area (Å²) in [7, 11) is -0.165. The van der Waals surface area contributed by atoms with E-state index >= 15 is 0 Å². The third kappa shape index (κ3) is 8.29. The summed E-state index contributed by atoms with van der Waals surface area (Å²) >= 11 is 0. The molecule has 0 fully saturated rings. The Morgan fingerprint density at radius 3 is 2.41 bits per heavy atom. The molecule has 2 aromatic carbocycles. The van der Waals surface area contributed by atoms with Crippen LogP contribution in [0, 0.1) is 0 Å². The minimum atomic E-state index is -3.27. The Bertz CT molecular complexity index is 1010. The van der Waals surface area contributed by atoms with Gasteiger partial charge in [-0.3, -0.25) is 9.59 Å². The van der Waals surface area contributed by atoms with E-state index in [2.05, 4.69) is 10.6 Å². The molecule has 0 unspecified atom stereocenters. The Balaban J connectivity index is 1.89. The first-order valence-corrected chi connectivity index (χ1v) is 11.8. The van der Waals surface area contributed by atoms with E-state index in [9.17, 15) is 18.0 Å². The molecule has 0 radical (unpaired) electrons. The maximum absolute atomic E-state index is 12.4. The molecular formula is C22H29N3O6S. The van der Waals surface area contributed by atoms with Gasteiger partial charge in [0.25, 0.3) is 11.8 Å². The van der Waals surface area contributed by atoms with Crippen molar-refractivity contribution in [2.75, 3.05) is 45.5 Å². The van der Waals surface area contributed by atoms with Crippen molar-refractivity contribution >= 4 is 27.5 Å². The largest absolute Gasteiger partial charge is 0.484 e. The third-order valence-electron chi connectivity index (χ3n) is 4.52. The summed E-state index contributed by atoms with van der Waals surface area (Å²) in [5.74, 6) is -0.229. The number of rotatable bonds is 12. The van der Waals surface area contributed by atoms with Crippen LogP contribution in [0.1, 0.15) is 22.3 Å². The van der Waals surface area contributed by atoms with Crippen molar-refractivity contribution in [3.63, 3.8) is 0 Å². The van der Waals surface area contributed by atoms with E-state index in [1.165, 1.54) is 11.4 Å². The average Bonchev–Trinajstić information content (AvgIpc) is 2.76. The smallest absolute Gasteiger partial charge is 0.262 e. The number of hydrogen-bond donors (Lipinski definition) is 2. The fourth-order valence-electron chi connectivity index (χ4n) is 2.70. The molecule has 0 atom stereocenters. The highest BCUT2D eigenvalue weighted by molar-refractivity contribution is 7.88. The van der Waals surface area contributed by atoms with Gasteiger partial charge in [0.1, 0.15) is 5.75 Å². The van der Waals surface area contributed by atoms with Gasteiger partial charge in [-0.05, 0) is 36.2 Å². The van der Waals surface area contributed by atoms with Gasteiger partial charge in [-0.15, -0.1) is 0 Å². The van der Waals surface area contributed by atoms with Crippen molar-refractivity contribution < 1.29 is 27.5 Å². The number of amides is 2. The van der Waals surface area contributed by atoms with E-state index < -0.39 is 15.9 Å². The Labute approximate surface area is 188 Å². The lowest BCUT2D eigenvalue weighted by Gasteiger charge is -2.14. The lowest BCUT2D eigenvalue weighted by Crippen LogP contribution is -2.27.